The second-order valence-corrected chi connectivity index (χ2v) is 8.15. The lowest BCUT2D eigenvalue weighted by molar-refractivity contribution is 0.102. The zero-order chi connectivity index (χ0) is 24.2. The number of nitrogens with one attached hydrogen (secondary N) is 1. The van der Waals surface area contributed by atoms with E-state index >= 15 is 0 Å². The minimum Gasteiger partial charge on any atom is -0.497 e. The van der Waals surface area contributed by atoms with Crippen LogP contribution in [0.4, 0.5) is 17.3 Å². The number of benzene rings is 2. The molecule has 35 heavy (non-hydrogen) atoms. The number of hydrogen-bond donors (Lipinski definition) is 1. The van der Waals surface area contributed by atoms with Gasteiger partial charge >= 0.3 is 0 Å². The number of methoxy groups -OCH3 is 1. The fourth-order valence-electron chi connectivity index (χ4n) is 4.18. The zero-order valence-corrected chi connectivity index (χ0v) is 19.7. The van der Waals surface area contributed by atoms with Crippen molar-refractivity contribution in [1.82, 2.24) is 9.97 Å². The summed E-state index contributed by atoms with van der Waals surface area (Å²) in [4.78, 5) is 24.6. The molecule has 0 aliphatic carbocycles. The zero-order valence-electron chi connectivity index (χ0n) is 19.7. The lowest BCUT2D eigenvalue weighted by Crippen LogP contribution is -2.20. The van der Waals surface area contributed by atoms with E-state index in [0.29, 0.717) is 42.6 Å². The SMILES string of the molecule is CCN1c2ncccc2C(=O)Nc2c(COCc3ccccc3)cc(-c3cccc(OC)c3)nc21. The van der Waals surface area contributed by atoms with Crippen LogP contribution in [0.1, 0.15) is 28.4 Å². The number of fused-ring (bicyclic) bond motifs is 2. The largest absolute Gasteiger partial charge is 0.497 e. The quantitative estimate of drug-likeness (QED) is 0.382. The first-order chi connectivity index (χ1) is 17.2. The minimum absolute atomic E-state index is 0.217. The maximum absolute atomic E-state index is 13.2. The molecule has 7 heteroatoms. The van der Waals surface area contributed by atoms with Crippen molar-refractivity contribution >= 4 is 23.2 Å². The topological polar surface area (TPSA) is 76.6 Å². The highest BCUT2D eigenvalue weighted by atomic mass is 16.5. The molecule has 0 radical (unpaired) electrons. The van der Waals surface area contributed by atoms with Gasteiger partial charge in [-0.3, -0.25) is 4.79 Å². The van der Waals surface area contributed by atoms with Gasteiger partial charge in [0, 0.05) is 23.9 Å². The lowest BCUT2D eigenvalue weighted by atomic mass is 10.1. The Balaban J connectivity index is 1.61. The highest BCUT2D eigenvalue weighted by Crippen LogP contribution is 2.39. The van der Waals surface area contributed by atoms with Crippen molar-refractivity contribution in [2.45, 2.75) is 20.1 Å². The third kappa shape index (κ3) is 4.58. The van der Waals surface area contributed by atoms with Crippen molar-refractivity contribution in [1.29, 1.82) is 0 Å². The second kappa shape index (κ2) is 9.95. The molecule has 0 bridgehead atoms. The fourth-order valence-corrected chi connectivity index (χ4v) is 4.18. The summed E-state index contributed by atoms with van der Waals surface area (Å²) in [6, 6.07) is 23.3. The first-order valence-corrected chi connectivity index (χ1v) is 11.5. The first-order valence-electron chi connectivity index (χ1n) is 11.5. The van der Waals surface area contributed by atoms with Gasteiger partial charge in [-0.05, 0) is 42.8 Å². The second-order valence-electron chi connectivity index (χ2n) is 8.15. The third-order valence-electron chi connectivity index (χ3n) is 5.91. The Kier molecular flexibility index (Phi) is 6.41. The molecule has 0 saturated heterocycles. The molecule has 0 unspecified atom stereocenters. The van der Waals surface area contributed by atoms with Gasteiger partial charge in [0.1, 0.15) is 11.6 Å². The molecule has 0 saturated carbocycles. The van der Waals surface area contributed by atoms with E-state index in [4.69, 9.17) is 14.5 Å². The maximum atomic E-state index is 13.2. The summed E-state index contributed by atoms with van der Waals surface area (Å²) in [5.74, 6) is 1.74. The number of pyridine rings is 2. The van der Waals surface area contributed by atoms with E-state index in [1.54, 1.807) is 25.4 Å². The number of aromatic nitrogens is 2. The van der Waals surface area contributed by atoms with Crippen LogP contribution < -0.4 is 15.0 Å². The number of hydrogen-bond acceptors (Lipinski definition) is 6. The van der Waals surface area contributed by atoms with E-state index in [9.17, 15) is 4.79 Å². The van der Waals surface area contributed by atoms with E-state index in [0.717, 1.165) is 28.1 Å². The number of rotatable bonds is 7. The Morgan fingerprint density at radius 1 is 0.943 bits per heavy atom. The first kappa shape index (κ1) is 22.6. The summed E-state index contributed by atoms with van der Waals surface area (Å²) < 4.78 is 11.5. The number of carbonyl (C=O) groups is 1. The number of nitrogens with zero attached hydrogens (tertiary/aromatic N) is 3. The van der Waals surface area contributed by atoms with Crippen LogP contribution >= 0.6 is 0 Å². The third-order valence-corrected chi connectivity index (χ3v) is 5.91. The van der Waals surface area contributed by atoms with E-state index in [2.05, 4.69) is 10.3 Å². The van der Waals surface area contributed by atoms with Crippen molar-refractivity contribution in [3.05, 3.63) is 95.7 Å². The Morgan fingerprint density at radius 2 is 1.80 bits per heavy atom. The highest BCUT2D eigenvalue weighted by molar-refractivity contribution is 6.12. The van der Waals surface area contributed by atoms with Gasteiger partial charge in [0.15, 0.2) is 5.82 Å². The van der Waals surface area contributed by atoms with Gasteiger partial charge in [0.25, 0.3) is 5.91 Å². The molecule has 2 aromatic carbocycles. The standard InChI is InChI=1S/C28H26N4O3/c1-3-32-26-23(13-8-14-29-26)28(33)31-25-21(18-35-17-19-9-5-4-6-10-19)16-24(30-27(25)32)20-11-7-12-22(15-20)34-2/h4-16H,3,17-18H2,1-2H3,(H,31,33). The number of anilines is 3. The Hall–Kier alpha value is -4.23. The average Bonchev–Trinajstić information content (AvgIpc) is 3.03. The Morgan fingerprint density at radius 3 is 2.60 bits per heavy atom. The van der Waals surface area contributed by atoms with Crippen LogP contribution in [0.5, 0.6) is 5.75 Å². The fraction of sp³-hybridized carbons (Fsp3) is 0.179. The van der Waals surface area contributed by atoms with Crippen LogP contribution in [0.2, 0.25) is 0 Å². The maximum Gasteiger partial charge on any atom is 0.259 e. The summed E-state index contributed by atoms with van der Waals surface area (Å²) in [6.45, 7) is 3.37. The van der Waals surface area contributed by atoms with Crippen LogP contribution in [0.15, 0.2) is 79.0 Å². The molecule has 0 atom stereocenters. The number of carbonyl (C=O) groups excluding carboxylic acids is 1. The van der Waals surface area contributed by atoms with Crippen LogP contribution in [0.3, 0.4) is 0 Å². The molecular formula is C28H26N4O3. The molecule has 5 rings (SSSR count). The van der Waals surface area contributed by atoms with E-state index < -0.39 is 0 Å². The molecule has 1 N–H and O–H groups in total. The normalized spacial score (nSPS) is 12.4. The Bertz CT molecular complexity index is 1360. The molecule has 2 aromatic heterocycles. The van der Waals surface area contributed by atoms with Crippen molar-refractivity contribution in [2.24, 2.45) is 0 Å². The summed E-state index contributed by atoms with van der Waals surface area (Å²) >= 11 is 0. The van der Waals surface area contributed by atoms with Crippen molar-refractivity contribution in [3.8, 4) is 17.0 Å². The predicted molar refractivity (Wildman–Crippen MR) is 136 cm³/mol. The number of ether oxygens (including phenoxy) is 2. The smallest absolute Gasteiger partial charge is 0.259 e. The molecule has 1 amide bonds. The molecule has 1 aliphatic rings. The highest BCUT2D eigenvalue weighted by Gasteiger charge is 2.29. The summed E-state index contributed by atoms with van der Waals surface area (Å²) in [5.41, 5.74) is 4.72. The Labute approximate surface area is 204 Å². The van der Waals surface area contributed by atoms with Crippen molar-refractivity contribution in [3.63, 3.8) is 0 Å². The lowest BCUT2D eigenvalue weighted by Gasteiger charge is -2.24. The van der Waals surface area contributed by atoms with Gasteiger partial charge in [-0.1, -0.05) is 42.5 Å². The van der Waals surface area contributed by atoms with E-state index in [1.165, 1.54) is 0 Å². The molecule has 0 fully saturated rings. The average molecular weight is 467 g/mol. The van der Waals surface area contributed by atoms with Crippen LogP contribution in [-0.2, 0) is 18.0 Å². The van der Waals surface area contributed by atoms with Crippen LogP contribution in [0, 0.1) is 0 Å². The molecule has 0 spiro atoms. The van der Waals surface area contributed by atoms with Gasteiger partial charge in [-0.15, -0.1) is 0 Å². The summed E-state index contributed by atoms with van der Waals surface area (Å²) in [7, 11) is 1.64. The minimum atomic E-state index is -0.217. The van der Waals surface area contributed by atoms with Gasteiger partial charge < -0.3 is 19.7 Å². The molecule has 3 heterocycles. The van der Waals surface area contributed by atoms with Gasteiger partial charge in [-0.25, -0.2) is 9.97 Å². The number of amides is 1. The molecule has 4 aromatic rings. The molecule has 1 aliphatic heterocycles. The van der Waals surface area contributed by atoms with Gasteiger partial charge in [0.2, 0.25) is 0 Å². The van der Waals surface area contributed by atoms with Gasteiger partial charge in [-0.2, -0.15) is 0 Å². The molecule has 176 valence electrons. The predicted octanol–water partition coefficient (Wildman–Crippen LogP) is 5.59. The summed E-state index contributed by atoms with van der Waals surface area (Å²) in [5, 5.41) is 3.07. The summed E-state index contributed by atoms with van der Waals surface area (Å²) in [6.07, 6.45) is 1.69. The van der Waals surface area contributed by atoms with Crippen LogP contribution in [0.25, 0.3) is 11.3 Å². The van der Waals surface area contributed by atoms with Gasteiger partial charge in [0.05, 0.1) is 37.3 Å². The molecular weight excluding hydrogens is 440 g/mol. The van der Waals surface area contributed by atoms with Crippen molar-refractivity contribution in [2.75, 3.05) is 23.9 Å². The molecule has 7 nitrogen and oxygen atoms in total. The van der Waals surface area contributed by atoms with Crippen molar-refractivity contribution < 1.29 is 14.3 Å². The van der Waals surface area contributed by atoms with E-state index in [1.807, 2.05) is 72.5 Å². The van der Waals surface area contributed by atoms with Crippen LogP contribution in [-0.4, -0.2) is 29.5 Å². The monoisotopic (exact) mass is 466 g/mol. The van der Waals surface area contributed by atoms with E-state index in [-0.39, 0.29) is 5.91 Å².